The lowest BCUT2D eigenvalue weighted by Crippen LogP contribution is -2.13. The molecule has 2 rings (SSSR count). The smallest absolute Gasteiger partial charge is 0.254 e. The van der Waals surface area contributed by atoms with E-state index in [1.165, 1.54) is 12.3 Å². The fraction of sp³-hybridized carbons (Fsp3) is 0.0769. The first kappa shape index (κ1) is 16.1. The van der Waals surface area contributed by atoms with Gasteiger partial charge in [0.1, 0.15) is 5.82 Å². The summed E-state index contributed by atoms with van der Waals surface area (Å²) < 4.78 is 75.7. The fourth-order valence-electron chi connectivity index (χ4n) is 1.57. The Labute approximate surface area is 123 Å². The molecule has 0 aromatic carbocycles. The van der Waals surface area contributed by atoms with Crippen molar-refractivity contribution >= 4 is 15.9 Å². The Morgan fingerprint density at radius 3 is 2.32 bits per heavy atom. The maximum atomic E-state index is 13.3. The third-order valence-corrected chi connectivity index (χ3v) is 3.90. The average molecular weight is 332 g/mol. The van der Waals surface area contributed by atoms with Crippen LogP contribution in [0.4, 0.5) is 17.6 Å². The number of pyridine rings is 2. The summed E-state index contributed by atoms with van der Waals surface area (Å²) >= 11 is 0. The predicted molar refractivity (Wildman–Crippen MR) is 69.7 cm³/mol. The minimum atomic E-state index is -4.87. The van der Waals surface area contributed by atoms with Crippen molar-refractivity contribution in [3.63, 3.8) is 0 Å². The van der Waals surface area contributed by atoms with Crippen molar-refractivity contribution in [3.8, 4) is 0 Å². The minimum Gasteiger partial charge on any atom is -0.254 e. The Bertz CT molecular complexity index is 817. The number of aromatic nitrogens is 2. The van der Waals surface area contributed by atoms with Gasteiger partial charge >= 0.3 is 6.18 Å². The van der Waals surface area contributed by atoms with Gasteiger partial charge in [-0.3, -0.25) is 4.98 Å². The second-order valence-electron chi connectivity index (χ2n) is 4.07. The number of alkyl halides is 3. The zero-order valence-electron chi connectivity index (χ0n) is 10.7. The maximum Gasteiger partial charge on any atom is 0.419 e. The highest BCUT2D eigenvalue weighted by molar-refractivity contribution is 7.94. The molecule has 0 amide bonds. The monoisotopic (exact) mass is 332 g/mol. The molecule has 0 aliphatic rings. The maximum absolute atomic E-state index is 13.3. The van der Waals surface area contributed by atoms with E-state index in [1.54, 1.807) is 0 Å². The topological polar surface area (TPSA) is 59.9 Å². The summed E-state index contributed by atoms with van der Waals surface area (Å²) in [6.07, 6.45) is -1.95. The van der Waals surface area contributed by atoms with Crippen LogP contribution in [0.3, 0.4) is 0 Å². The molecule has 116 valence electrons. The number of rotatable bonds is 3. The van der Waals surface area contributed by atoms with Crippen molar-refractivity contribution in [2.75, 3.05) is 0 Å². The third kappa shape index (κ3) is 3.48. The molecule has 9 heteroatoms. The van der Waals surface area contributed by atoms with Crippen molar-refractivity contribution in [3.05, 3.63) is 59.1 Å². The molecular formula is C13H8F4N2O2S. The molecule has 0 saturated carbocycles. The van der Waals surface area contributed by atoms with Gasteiger partial charge in [-0.05, 0) is 30.3 Å². The molecular weight excluding hydrogens is 324 g/mol. The van der Waals surface area contributed by atoms with Crippen molar-refractivity contribution in [1.82, 2.24) is 9.97 Å². The molecule has 0 aliphatic heterocycles. The highest BCUT2D eigenvalue weighted by Gasteiger charge is 2.37. The lowest BCUT2D eigenvalue weighted by molar-refractivity contribution is -0.140. The molecule has 0 bridgehead atoms. The van der Waals surface area contributed by atoms with E-state index in [1.807, 2.05) is 0 Å². The number of halogens is 4. The lowest BCUT2D eigenvalue weighted by atomic mass is 10.3. The molecule has 0 unspecified atom stereocenters. The Balaban J connectivity index is 2.47. The summed E-state index contributed by atoms with van der Waals surface area (Å²) in [5.41, 5.74) is -1.70. The van der Waals surface area contributed by atoms with Gasteiger partial charge in [-0.2, -0.15) is 13.2 Å². The van der Waals surface area contributed by atoms with Gasteiger partial charge < -0.3 is 0 Å². The molecule has 2 aromatic heterocycles. The van der Waals surface area contributed by atoms with Crippen LogP contribution in [0.15, 0.2) is 47.1 Å². The first-order valence-electron chi connectivity index (χ1n) is 5.78. The van der Waals surface area contributed by atoms with Gasteiger partial charge in [0, 0.05) is 17.8 Å². The summed E-state index contributed by atoms with van der Waals surface area (Å²) in [7, 11) is -4.51. The van der Waals surface area contributed by atoms with Crippen LogP contribution in [0, 0.1) is 5.82 Å². The molecule has 2 aromatic rings. The van der Waals surface area contributed by atoms with Crippen molar-refractivity contribution in [2.24, 2.45) is 0 Å². The van der Waals surface area contributed by atoms with E-state index in [4.69, 9.17) is 0 Å². The Morgan fingerprint density at radius 2 is 1.68 bits per heavy atom. The average Bonchev–Trinajstić information content (AvgIpc) is 2.46. The molecule has 0 saturated heterocycles. The van der Waals surface area contributed by atoms with Crippen LogP contribution in [0.1, 0.15) is 11.3 Å². The molecule has 0 fully saturated rings. The van der Waals surface area contributed by atoms with Gasteiger partial charge in [-0.15, -0.1) is 0 Å². The Hall–Kier alpha value is -2.29. The summed E-state index contributed by atoms with van der Waals surface area (Å²) in [6, 6.07) is 3.92. The van der Waals surface area contributed by atoms with Crippen LogP contribution in [-0.2, 0) is 16.0 Å². The van der Waals surface area contributed by atoms with Crippen LogP contribution >= 0.6 is 0 Å². The summed E-state index contributed by atoms with van der Waals surface area (Å²) in [5.74, 6) is -0.800. The van der Waals surface area contributed by atoms with Gasteiger partial charge in [0.25, 0.3) is 0 Å². The SMILES string of the molecule is O=S(=O)(/C=C/c1ncccc1F)c1ncccc1C(F)(F)F. The first-order chi connectivity index (χ1) is 10.2. The predicted octanol–water partition coefficient (Wildman–Crippen LogP) is 3.08. The zero-order valence-corrected chi connectivity index (χ0v) is 11.6. The second-order valence-corrected chi connectivity index (χ2v) is 5.82. The third-order valence-electron chi connectivity index (χ3n) is 2.54. The second kappa shape index (κ2) is 5.84. The fourth-order valence-corrected chi connectivity index (χ4v) is 2.71. The van der Waals surface area contributed by atoms with E-state index in [0.29, 0.717) is 11.5 Å². The molecule has 0 N–H and O–H groups in total. The van der Waals surface area contributed by atoms with E-state index >= 15 is 0 Å². The van der Waals surface area contributed by atoms with Crippen LogP contribution in [-0.4, -0.2) is 18.4 Å². The van der Waals surface area contributed by atoms with Crippen molar-refractivity contribution in [2.45, 2.75) is 11.2 Å². The molecule has 0 atom stereocenters. The van der Waals surface area contributed by atoms with Crippen LogP contribution in [0.5, 0.6) is 0 Å². The molecule has 0 aliphatic carbocycles. The van der Waals surface area contributed by atoms with E-state index < -0.39 is 32.4 Å². The number of hydrogen-bond donors (Lipinski definition) is 0. The molecule has 0 radical (unpaired) electrons. The van der Waals surface area contributed by atoms with Gasteiger partial charge in [0.2, 0.25) is 9.84 Å². The first-order valence-corrected chi connectivity index (χ1v) is 7.32. The van der Waals surface area contributed by atoms with Crippen LogP contribution in [0.2, 0.25) is 0 Å². The van der Waals surface area contributed by atoms with E-state index in [-0.39, 0.29) is 5.69 Å². The summed E-state index contributed by atoms with van der Waals surface area (Å²) in [6.45, 7) is 0. The zero-order chi connectivity index (χ0) is 16.4. The van der Waals surface area contributed by atoms with Crippen LogP contribution < -0.4 is 0 Å². The molecule has 0 spiro atoms. The van der Waals surface area contributed by atoms with Crippen molar-refractivity contribution in [1.29, 1.82) is 0 Å². The van der Waals surface area contributed by atoms with E-state index in [2.05, 4.69) is 9.97 Å². The standard InChI is InChI=1S/C13H8F4N2O2S/c14-10-4-2-6-18-11(10)5-8-22(20,21)12-9(13(15,16)17)3-1-7-19-12/h1-8H/b8-5+. The van der Waals surface area contributed by atoms with Crippen molar-refractivity contribution < 1.29 is 26.0 Å². The molecule has 22 heavy (non-hydrogen) atoms. The Kier molecular flexibility index (Phi) is 4.27. The molecule has 2 heterocycles. The van der Waals surface area contributed by atoms with Gasteiger partial charge in [-0.1, -0.05) is 0 Å². The molecule has 4 nitrogen and oxygen atoms in total. The van der Waals surface area contributed by atoms with Crippen LogP contribution in [0.25, 0.3) is 6.08 Å². The lowest BCUT2D eigenvalue weighted by Gasteiger charge is -2.10. The summed E-state index contributed by atoms with van der Waals surface area (Å²) in [4.78, 5) is 6.86. The van der Waals surface area contributed by atoms with Gasteiger partial charge in [0.15, 0.2) is 5.03 Å². The number of hydrogen-bond acceptors (Lipinski definition) is 4. The highest BCUT2D eigenvalue weighted by atomic mass is 32.2. The number of sulfone groups is 1. The quantitative estimate of drug-likeness (QED) is 0.811. The van der Waals surface area contributed by atoms with Gasteiger partial charge in [-0.25, -0.2) is 17.8 Å². The largest absolute Gasteiger partial charge is 0.419 e. The van der Waals surface area contributed by atoms with E-state index in [9.17, 15) is 26.0 Å². The normalized spacial score (nSPS) is 12.7. The van der Waals surface area contributed by atoms with E-state index in [0.717, 1.165) is 24.4 Å². The number of nitrogens with zero attached hydrogens (tertiary/aromatic N) is 2. The van der Waals surface area contributed by atoms with Gasteiger partial charge in [0.05, 0.1) is 11.3 Å². The highest BCUT2D eigenvalue weighted by Crippen LogP contribution is 2.33. The summed E-state index contributed by atoms with van der Waals surface area (Å²) in [5, 5.41) is -0.703. The minimum absolute atomic E-state index is 0.310. The Morgan fingerprint density at radius 1 is 1.05 bits per heavy atom.